The van der Waals surface area contributed by atoms with Crippen molar-refractivity contribution in [3.8, 4) is 5.75 Å². The Balaban J connectivity index is 1.84. The Hall–Kier alpha value is -1.87. The smallest absolute Gasteiger partial charge is 0.292 e. The molecule has 1 atom stereocenters. The normalized spacial score (nSPS) is 11.7. The Morgan fingerprint density at radius 3 is 2.59 bits per heavy atom. The van der Waals surface area contributed by atoms with Gasteiger partial charge in [0, 0.05) is 16.2 Å². The maximum Gasteiger partial charge on any atom is 0.292 e. The van der Waals surface area contributed by atoms with Gasteiger partial charge in [0.1, 0.15) is 24.1 Å². The number of rotatable bonds is 7. The molecule has 2 N–H and O–H groups in total. The van der Waals surface area contributed by atoms with E-state index in [9.17, 15) is 15.2 Å². The molecule has 2 aromatic rings. The van der Waals surface area contributed by atoms with Crippen LogP contribution in [0.3, 0.4) is 0 Å². The number of benzene rings is 2. The minimum Gasteiger partial charge on any atom is -0.491 e. The monoisotopic (exact) mass is 414 g/mol. The van der Waals surface area contributed by atoms with Crippen LogP contribution in [-0.4, -0.2) is 29.3 Å². The molecule has 0 aliphatic rings. The number of hydrogen-bond donors (Lipinski definition) is 2. The van der Waals surface area contributed by atoms with Crippen LogP contribution >= 0.6 is 22.6 Å². The molecular formula is C15H15IN2O4. The van der Waals surface area contributed by atoms with E-state index in [-0.39, 0.29) is 18.8 Å². The number of ether oxygens (including phenoxy) is 1. The Labute approximate surface area is 141 Å². The van der Waals surface area contributed by atoms with Crippen LogP contribution in [0.5, 0.6) is 5.75 Å². The highest BCUT2D eigenvalue weighted by atomic mass is 127. The van der Waals surface area contributed by atoms with Gasteiger partial charge in [0.25, 0.3) is 5.69 Å². The van der Waals surface area contributed by atoms with E-state index in [1.807, 2.05) is 24.3 Å². The van der Waals surface area contributed by atoms with E-state index in [0.29, 0.717) is 11.4 Å². The van der Waals surface area contributed by atoms with E-state index < -0.39 is 11.0 Å². The van der Waals surface area contributed by atoms with Crippen molar-refractivity contribution in [1.29, 1.82) is 0 Å². The van der Waals surface area contributed by atoms with E-state index in [0.717, 1.165) is 3.57 Å². The van der Waals surface area contributed by atoms with E-state index >= 15 is 0 Å². The molecule has 1 unspecified atom stereocenters. The van der Waals surface area contributed by atoms with Crippen molar-refractivity contribution in [2.45, 2.75) is 6.10 Å². The van der Waals surface area contributed by atoms with Gasteiger partial charge in [-0.15, -0.1) is 0 Å². The SMILES string of the molecule is O=[N+]([O-])c1ccccc1NCC(O)COc1ccc(I)cc1. The maximum absolute atomic E-state index is 10.9. The number of aliphatic hydroxyl groups is 1. The lowest BCUT2D eigenvalue weighted by Gasteiger charge is -2.14. The summed E-state index contributed by atoms with van der Waals surface area (Å²) in [5, 5.41) is 23.6. The Kier molecular flexibility index (Phi) is 5.96. The molecular weight excluding hydrogens is 399 g/mol. The van der Waals surface area contributed by atoms with Gasteiger partial charge in [-0.05, 0) is 52.9 Å². The number of hydrogen-bond acceptors (Lipinski definition) is 5. The first-order chi connectivity index (χ1) is 10.6. The van der Waals surface area contributed by atoms with Gasteiger partial charge in [0.2, 0.25) is 0 Å². The Bertz CT molecular complexity index is 634. The summed E-state index contributed by atoms with van der Waals surface area (Å²) < 4.78 is 6.56. The number of anilines is 1. The van der Waals surface area contributed by atoms with Crippen LogP contribution in [0.15, 0.2) is 48.5 Å². The van der Waals surface area contributed by atoms with Gasteiger partial charge in [-0.25, -0.2) is 0 Å². The molecule has 0 saturated heterocycles. The summed E-state index contributed by atoms with van der Waals surface area (Å²) in [4.78, 5) is 10.4. The predicted octanol–water partition coefficient (Wildman–Crippen LogP) is 3.05. The van der Waals surface area contributed by atoms with Crippen molar-refractivity contribution < 1.29 is 14.8 Å². The lowest BCUT2D eigenvalue weighted by Crippen LogP contribution is -2.26. The first-order valence-corrected chi connectivity index (χ1v) is 7.68. The number of nitro benzene ring substituents is 1. The van der Waals surface area contributed by atoms with Gasteiger partial charge in [0.05, 0.1) is 4.92 Å². The molecule has 0 fully saturated rings. The van der Waals surface area contributed by atoms with E-state index in [1.165, 1.54) is 6.07 Å². The highest BCUT2D eigenvalue weighted by Crippen LogP contribution is 2.23. The number of nitro groups is 1. The molecule has 0 bridgehead atoms. The first-order valence-electron chi connectivity index (χ1n) is 6.60. The highest BCUT2D eigenvalue weighted by molar-refractivity contribution is 14.1. The minimum absolute atomic E-state index is 0.0201. The van der Waals surface area contributed by atoms with Crippen LogP contribution < -0.4 is 10.1 Å². The molecule has 2 aromatic carbocycles. The highest BCUT2D eigenvalue weighted by Gasteiger charge is 2.13. The number of nitrogens with one attached hydrogen (secondary N) is 1. The van der Waals surface area contributed by atoms with Crippen molar-refractivity contribution in [1.82, 2.24) is 0 Å². The van der Waals surface area contributed by atoms with E-state index in [1.54, 1.807) is 18.2 Å². The molecule has 116 valence electrons. The summed E-state index contributed by atoms with van der Waals surface area (Å²) in [6.45, 7) is 0.267. The van der Waals surface area contributed by atoms with Crippen LogP contribution in [0, 0.1) is 13.7 Å². The molecule has 0 heterocycles. The van der Waals surface area contributed by atoms with Crippen molar-refractivity contribution >= 4 is 34.0 Å². The summed E-state index contributed by atoms with van der Waals surface area (Å²) in [5.41, 5.74) is 0.356. The van der Waals surface area contributed by atoms with Crippen LogP contribution in [-0.2, 0) is 0 Å². The molecule has 0 aromatic heterocycles. The van der Waals surface area contributed by atoms with E-state index in [4.69, 9.17) is 4.74 Å². The second-order valence-electron chi connectivity index (χ2n) is 4.57. The summed E-state index contributed by atoms with van der Waals surface area (Å²) in [6.07, 6.45) is -0.779. The summed E-state index contributed by atoms with van der Waals surface area (Å²) in [5.74, 6) is 0.671. The molecule has 22 heavy (non-hydrogen) atoms. The van der Waals surface area contributed by atoms with Crippen LogP contribution in [0.4, 0.5) is 11.4 Å². The minimum atomic E-state index is -0.779. The molecule has 7 heteroatoms. The van der Waals surface area contributed by atoms with Crippen LogP contribution in [0.2, 0.25) is 0 Å². The zero-order valence-electron chi connectivity index (χ0n) is 11.6. The van der Waals surface area contributed by atoms with Crippen molar-refractivity contribution in [2.24, 2.45) is 0 Å². The third-order valence-corrected chi connectivity index (χ3v) is 3.60. The number of nitrogens with zero attached hydrogens (tertiary/aromatic N) is 1. The fourth-order valence-corrected chi connectivity index (χ4v) is 2.15. The third kappa shape index (κ3) is 4.85. The Morgan fingerprint density at radius 2 is 1.91 bits per heavy atom. The number of aliphatic hydroxyl groups excluding tert-OH is 1. The average Bonchev–Trinajstić information content (AvgIpc) is 2.52. The number of para-hydroxylation sites is 2. The van der Waals surface area contributed by atoms with Gasteiger partial charge in [0.15, 0.2) is 0 Å². The lowest BCUT2D eigenvalue weighted by atomic mass is 10.2. The van der Waals surface area contributed by atoms with Crippen molar-refractivity contribution in [2.75, 3.05) is 18.5 Å². The molecule has 0 saturated carbocycles. The quantitative estimate of drug-likeness (QED) is 0.414. The molecule has 0 amide bonds. The largest absolute Gasteiger partial charge is 0.491 e. The average molecular weight is 414 g/mol. The fraction of sp³-hybridized carbons (Fsp3) is 0.200. The summed E-state index contributed by atoms with van der Waals surface area (Å²) >= 11 is 2.20. The summed E-state index contributed by atoms with van der Waals surface area (Å²) in [6, 6.07) is 13.8. The van der Waals surface area contributed by atoms with Gasteiger partial charge < -0.3 is 15.2 Å². The topological polar surface area (TPSA) is 84.6 Å². The third-order valence-electron chi connectivity index (χ3n) is 2.88. The van der Waals surface area contributed by atoms with Gasteiger partial charge in [-0.2, -0.15) is 0 Å². The fourth-order valence-electron chi connectivity index (χ4n) is 1.79. The van der Waals surface area contributed by atoms with Crippen molar-refractivity contribution in [3.63, 3.8) is 0 Å². The first kappa shape index (κ1) is 16.5. The number of halogens is 1. The molecule has 0 spiro atoms. The molecule has 0 radical (unpaired) electrons. The van der Waals surface area contributed by atoms with Gasteiger partial charge in [-0.3, -0.25) is 10.1 Å². The van der Waals surface area contributed by atoms with Crippen molar-refractivity contribution in [3.05, 3.63) is 62.2 Å². The molecule has 6 nitrogen and oxygen atoms in total. The van der Waals surface area contributed by atoms with Crippen LogP contribution in [0.1, 0.15) is 0 Å². The summed E-state index contributed by atoms with van der Waals surface area (Å²) in [7, 11) is 0. The molecule has 2 rings (SSSR count). The second kappa shape index (κ2) is 7.95. The maximum atomic E-state index is 10.9. The second-order valence-corrected chi connectivity index (χ2v) is 5.82. The zero-order valence-corrected chi connectivity index (χ0v) is 13.8. The standard InChI is InChI=1S/C15H15IN2O4/c16-11-5-7-13(8-6-11)22-10-12(19)9-17-14-3-1-2-4-15(14)18(20)21/h1-8,12,17,19H,9-10H2. The predicted molar refractivity (Wildman–Crippen MR) is 92.2 cm³/mol. The van der Waals surface area contributed by atoms with Gasteiger partial charge >= 0.3 is 0 Å². The molecule has 0 aliphatic carbocycles. The van der Waals surface area contributed by atoms with Gasteiger partial charge in [-0.1, -0.05) is 12.1 Å². The Morgan fingerprint density at radius 1 is 1.23 bits per heavy atom. The van der Waals surface area contributed by atoms with E-state index in [2.05, 4.69) is 27.9 Å². The zero-order chi connectivity index (χ0) is 15.9. The van der Waals surface area contributed by atoms with Crippen LogP contribution in [0.25, 0.3) is 0 Å². The lowest BCUT2D eigenvalue weighted by molar-refractivity contribution is -0.384. The molecule has 0 aliphatic heterocycles.